The number of benzene rings is 1. The standard InChI is InChI=1S/C15H21ClFN/c1-11-2-4-12(5-3-11)9-18-10-13-6-14(16)8-15(17)7-13/h6-8,11-12,18H,2-5,9-10H2,1H3. The monoisotopic (exact) mass is 269 g/mol. The predicted octanol–water partition coefficient (Wildman–Crippen LogP) is 4.40. The Balaban J connectivity index is 1.74. The maximum atomic E-state index is 13.1. The molecule has 0 aromatic heterocycles. The van der Waals surface area contributed by atoms with Gasteiger partial charge in [0.25, 0.3) is 0 Å². The van der Waals surface area contributed by atoms with Crippen LogP contribution in [-0.4, -0.2) is 6.54 Å². The minimum atomic E-state index is -0.259. The van der Waals surface area contributed by atoms with Crippen molar-refractivity contribution in [3.8, 4) is 0 Å². The first-order valence-corrected chi connectivity index (χ1v) is 7.17. The highest BCUT2D eigenvalue weighted by Gasteiger charge is 2.17. The summed E-state index contributed by atoms with van der Waals surface area (Å²) >= 11 is 5.83. The zero-order valence-electron chi connectivity index (χ0n) is 10.9. The van der Waals surface area contributed by atoms with Crippen molar-refractivity contribution in [2.45, 2.75) is 39.2 Å². The summed E-state index contributed by atoms with van der Waals surface area (Å²) in [7, 11) is 0. The smallest absolute Gasteiger partial charge is 0.125 e. The Morgan fingerprint density at radius 1 is 1.22 bits per heavy atom. The average Bonchev–Trinajstić information content (AvgIpc) is 2.30. The number of rotatable bonds is 4. The van der Waals surface area contributed by atoms with Gasteiger partial charge in [0, 0.05) is 11.6 Å². The summed E-state index contributed by atoms with van der Waals surface area (Å²) in [5.74, 6) is 1.42. The Morgan fingerprint density at radius 2 is 1.94 bits per heavy atom. The lowest BCUT2D eigenvalue weighted by atomic mass is 9.83. The number of nitrogens with one attached hydrogen (secondary N) is 1. The quantitative estimate of drug-likeness (QED) is 0.855. The fourth-order valence-corrected chi connectivity index (χ4v) is 2.91. The van der Waals surface area contributed by atoms with Crippen molar-refractivity contribution >= 4 is 11.6 Å². The van der Waals surface area contributed by atoms with Crippen LogP contribution in [0.1, 0.15) is 38.2 Å². The van der Waals surface area contributed by atoms with Gasteiger partial charge in [-0.25, -0.2) is 4.39 Å². The SMILES string of the molecule is CC1CCC(CNCc2cc(F)cc(Cl)c2)CC1. The van der Waals surface area contributed by atoms with Gasteiger partial charge in [-0.05, 0) is 55.0 Å². The molecule has 0 heterocycles. The first-order chi connectivity index (χ1) is 8.63. The van der Waals surface area contributed by atoms with Crippen molar-refractivity contribution in [2.24, 2.45) is 11.8 Å². The van der Waals surface area contributed by atoms with Gasteiger partial charge in [0.15, 0.2) is 0 Å². The molecule has 0 unspecified atom stereocenters. The van der Waals surface area contributed by atoms with Gasteiger partial charge in [0.2, 0.25) is 0 Å². The minimum absolute atomic E-state index is 0.259. The molecule has 0 bridgehead atoms. The molecule has 0 atom stereocenters. The van der Waals surface area contributed by atoms with E-state index >= 15 is 0 Å². The summed E-state index contributed by atoms with van der Waals surface area (Å²) < 4.78 is 13.1. The Hall–Kier alpha value is -0.600. The maximum absolute atomic E-state index is 13.1. The van der Waals surface area contributed by atoms with Crippen molar-refractivity contribution in [1.29, 1.82) is 0 Å². The molecule has 1 nitrogen and oxygen atoms in total. The lowest BCUT2D eigenvalue weighted by Crippen LogP contribution is -2.25. The Labute approximate surface area is 114 Å². The first-order valence-electron chi connectivity index (χ1n) is 6.79. The summed E-state index contributed by atoms with van der Waals surface area (Å²) in [5.41, 5.74) is 0.921. The summed E-state index contributed by atoms with van der Waals surface area (Å²) in [4.78, 5) is 0. The van der Waals surface area contributed by atoms with Gasteiger partial charge in [-0.3, -0.25) is 0 Å². The van der Waals surface area contributed by atoms with Crippen LogP contribution in [0.25, 0.3) is 0 Å². The minimum Gasteiger partial charge on any atom is -0.312 e. The lowest BCUT2D eigenvalue weighted by Gasteiger charge is -2.26. The lowest BCUT2D eigenvalue weighted by molar-refractivity contribution is 0.281. The second-order valence-corrected chi connectivity index (χ2v) is 5.97. The van der Waals surface area contributed by atoms with Crippen molar-refractivity contribution < 1.29 is 4.39 Å². The molecule has 0 radical (unpaired) electrons. The van der Waals surface area contributed by atoms with Crippen molar-refractivity contribution in [2.75, 3.05) is 6.54 Å². The molecule has 0 saturated heterocycles. The van der Waals surface area contributed by atoms with Crippen LogP contribution in [0.4, 0.5) is 4.39 Å². The Kier molecular flexibility index (Phi) is 5.02. The van der Waals surface area contributed by atoms with E-state index in [-0.39, 0.29) is 5.82 Å². The third kappa shape index (κ3) is 4.25. The highest BCUT2D eigenvalue weighted by Crippen LogP contribution is 2.27. The fraction of sp³-hybridized carbons (Fsp3) is 0.600. The molecule has 0 amide bonds. The summed E-state index contributed by atoms with van der Waals surface area (Å²) in [5, 5.41) is 3.89. The van der Waals surface area contributed by atoms with Gasteiger partial charge in [-0.2, -0.15) is 0 Å². The van der Waals surface area contributed by atoms with Crippen LogP contribution in [0.15, 0.2) is 18.2 Å². The van der Waals surface area contributed by atoms with Crippen LogP contribution in [0.3, 0.4) is 0 Å². The van der Waals surface area contributed by atoms with Crippen LogP contribution in [-0.2, 0) is 6.54 Å². The number of hydrogen-bond acceptors (Lipinski definition) is 1. The number of hydrogen-bond donors (Lipinski definition) is 1. The molecule has 1 aromatic rings. The van der Waals surface area contributed by atoms with Crippen LogP contribution >= 0.6 is 11.6 Å². The van der Waals surface area contributed by atoms with Crippen LogP contribution in [0, 0.1) is 17.7 Å². The van der Waals surface area contributed by atoms with E-state index in [1.54, 1.807) is 6.07 Å². The third-order valence-corrected chi connectivity index (χ3v) is 4.04. The molecular weight excluding hydrogens is 249 g/mol. The summed E-state index contributed by atoms with van der Waals surface area (Å²) in [6, 6.07) is 4.70. The van der Waals surface area contributed by atoms with Crippen LogP contribution in [0.2, 0.25) is 5.02 Å². The molecule has 1 aromatic carbocycles. The van der Waals surface area contributed by atoms with E-state index in [9.17, 15) is 4.39 Å². The topological polar surface area (TPSA) is 12.0 Å². The molecular formula is C15H21ClFN. The summed E-state index contributed by atoms with van der Waals surface area (Å²) in [6.45, 7) is 4.06. The maximum Gasteiger partial charge on any atom is 0.125 e. The predicted molar refractivity (Wildman–Crippen MR) is 74.2 cm³/mol. The average molecular weight is 270 g/mol. The largest absolute Gasteiger partial charge is 0.312 e. The first kappa shape index (κ1) is 13.8. The van der Waals surface area contributed by atoms with E-state index in [4.69, 9.17) is 11.6 Å². The van der Waals surface area contributed by atoms with E-state index in [2.05, 4.69) is 12.2 Å². The van der Waals surface area contributed by atoms with Crippen molar-refractivity contribution in [1.82, 2.24) is 5.32 Å². The van der Waals surface area contributed by atoms with Gasteiger partial charge in [-0.1, -0.05) is 31.4 Å². The molecule has 0 spiro atoms. The summed E-state index contributed by atoms with van der Waals surface area (Å²) in [6.07, 6.45) is 5.33. The molecule has 100 valence electrons. The molecule has 0 aliphatic heterocycles. The van der Waals surface area contributed by atoms with E-state index in [0.717, 1.165) is 23.9 Å². The van der Waals surface area contributed by atoms with Crippen LogP contribution in [0.5, 0.6) is 0 Å². The highest BCUT2D eigenvalue weighted by molar-refractivity contribution is 6.30. The molecule has 1 N–H and O–H groups in total. The molecule has 1 saturated carbocycles. The fourth-order valence-electron chi connectivity index (χ4n) is 2.67. The Morgan fingerprint density at radius 3 is 2.61 bits per heavy atom. The molecule has 3 heteroatoms. The van der Waals surface area contributed by atoms with Gasteiger partial charge < -0.3 is 5.32 Å². The second-order valence-electron chi connectivity index (χ2n) is 5.53. The zero-order valence-corrected chi connectivity index (χ0v) is 11.6. The van der Waals surface area contributed by atoms with E-state index < -0.39 is 0 Å². The highest BCUT2D eigenvalue weighted by atomic mass is 35.5. The van der Waals surface area contributed by atoms with Gasteiger partial charge in [0.05, 0.1) is 0 Å². The molecule has 1 aliphatic carbocycles. The zero-order chi connectivity index (χ0) is 13.0. The third-order valence-electron chi connectivity index (χ3n) is 3.82. The molecule has 2 rings (SSSR count). The van der Waals surface area contributed by atoms with E-state index in [1.165, 1.54) is 31.7 Å². The van der Waals surface area contributed by atoms with Crippen LogP contribution < -0.4 is 5.32 Å². The van der Waals surface area contributed by atoms with Gasteiger partial charge in [-0.15, -0.1) is 0 Å². The van der Waals surface area contributed by atoms with Crippen molar-refractivity contribution in [3.63, 3.8) is 0 Å². The van der Waals surface area contributed by atoms with Gasteiger partial charge in [0.1, 0.15) is 5.82 Å². The normalized spacial score (nSPS) is 24.2. The Bertz CT molecular complexity index is 366. The van der Waals surface area contributed by atoms with E-state index in [1.807, 2.05) is 6.07 Å². The second kappa shape index (κ2) is 6.53. The van der Waals surface area contributed by atoms with E-state index in [0.29, 0.717) is 11.6 Å². The molecule has 1 aliphatic rings. The number of halogens is 2. The van der Waals surface area contributed by atoms with Crippen molar-refractivity contribution in [3.05, 3.63) is 34.6 Å². The molecule has 1 fully saturated rings. The van der Waals surface area contributed by atoms with Gasteiger partial charge >= 0.3 is 0 Å². The molecule has 18 heavy (non-hydrogen) atoms.